The van der Waals surface area contributed by atoms with E-state index < -0.39 is 10.8 Å². The zero-order valence-corrected chi connectivity index (χ0v) is 9.71. The van der Waals surface area contributed by atoms with Crippen molar-refractivity contribution in [3.63, 3.8) is 0 Å². The van der Waals surface area contributed by atoms with Crippen LogP contribution in [0.25, 0.3) is 10.9 Å². The average molecular weight is 233 g/mol. The highest BCUT2D eigenvalue weighted by Crippen LogP contribution is 2.23. The maximum Gasteiger partial charge on any atom is 0.205 e. The van der Waals surface area contributed by atoms with Crippen molar-refractivity contribution in [1.29, 1.82) is 0 Å². The molecule has 1 aromatic carbocycles. The third-order valence-electron chi connectivity index (χ3n) is 3.14. The van der Waals surface area contributed by atoms with Gasteiger partial charge in [-0.25, -0.2) is 0 Å². The number of aryl methyl sites for hydroxylation is 1. The lowest BCUT2D eigenvalue weighted by molar-refractivity contribution is 0.685. The number of hydrogen-bond acceptors (Lipinski definition) is 2. The summed E-state index contributed by atoms with van der Waals surface area (Å²) in [5, 5.41) is 0.666. The molecule has 0 fully saturated rings. The van der Waals surface area contributed by atoms with Gasteiger partial charge in [-0.1, -0.05) is 12.1 Å². The van der Waals surface area contributed by atoms with Gasteiger partial charge in [0, 0.05) is 30.3 Å². The number of nitrogens with zero attached hydrogens (tertiary/aromatic N) is 1. The first-order valence-electron chi connectivity index (χ1n) is 5.19. The second kappa shape index (κ2) is 3.28. The number of fused-ring (bicyclic) bond motifs is 2. The van der Waals surface area contributed by atoms with Crippen LogP contribution in [0.1, 0.15) is 5.69 Å². The Bertz CT molecular complexity index is 673. The Labute approximate surface area is 95.2 Å². The molecule has 82 valence electrons. The second-order valence-electron chi connectivity index (χ2n) is 3.98. The van der Waals surface area contributed by atoms with Crippen LogP contribution in [0.5, 0.6) is 0 Å². The van der Waals surface area contributed by atoms with Crippen molar-refractivity contribution in [2.75, 3.05) is 5.75 Å². The Morgan fingerprint density at radius 3 is 2.88 bits per heavy atom. The maximum absolute atomic E-state index is 12.2. The summed E-state index contributed by atoms with van der Waals surface area (Å²) >= 11 is 0. The minimum atomic E-state index is -1.11. The lowest BCUT2D eigenvalue weighted by Gasteiger charge is -2.10. The molecule has 1 aliphatic heterocycles. The molecule has 0 bridgehead atoms. The first kappa shape index (κ1) is 9.78. The number of benzene rings is 1. The zero-order valence-electron chi connectivity index (χ0n) is 8.90. The van der Waals surface area contributed by atoms with Crippen LogP contribution >= 0.6 is 0 Å². The fraction of sp³-hybridized carbons (Fsp3) is 0.250. The molecule has 2 aromatic rings. The average Bonchev–Trinajstić information content (AvgIpc) is 2.69. The van der Waals surface area contributed by atoms with E-state index in [2.05, 4.69) is 0 Å². The molecule has 0 aliphatic carbocycles. The summed E-state index contributed by atoms with van der Waals surface area (Å²) in [6.07, 6.45) is 0.735. The molecule has 4 heteroatoms. The van der Waals surface area contributed by atoms with Gasteiger partial charge in [-0.3, -0.25) is 9.00 Å². The molecule has 2 heterocycles. The molecule has 0 radical (unpaired) electrons. The maximum atomic E-state index is 12.2. The normalized spacial score (nSPS) is 18.9. The van der Waals surface area contributed by atoms with Gasteiger partial charge in [-0.05, 0) is 12.1 Å². The molecule has 0 amide bonds. The highest BCUT2D eigenvalue weighted by molar-refractivity contribution is 7.85. The van der Waals surface area contributed by atoms with E-state index in [-0.39, 0.29) is 5.43 Å². The molecule has 16 heavy (non-hydrogen) atoms. The molecule has 1 unspecified atom stereocenters. The Balaban J connectivity index is 2.59. The Morgan fingerprint density at radius 1 is 1.31 bits per heavy atom. The number of pyridine rings is 1. The van der Waals surface area contributed by atoms with E-state index in [4.69, 9.17) is 0 Å². The molecular formula is C12H11NO2S. The van der Waals surface area contributed by atoms with E-state index in [9.17, 15) is 9.00 Å². The molecule has 1 aromatic heterocycles. The van der Waals surface area contributed by atoms with E-state index in [0.717, 1.165) is 17.6 Å². The quantitative estimate of drug-likeness (QED) is 0.686. The highest BCUT2D eigenvalue weighted by Gasteiger charge is 2.25. The largest absolute Gasteiger partial charge is 0.346 e. The molecule has 0 spiro atoms. The Hall–Kier alpha value is -1.42. The van der Waals surface area contributed by atoms with Crippen molar-refractivity contribution >= 4 is 21.7 Å². The monoisotopic (exact) mass is 233 g/mol. The van der Waals surface area contributed by atoms with Gasteiger partial charge in [0.1, 0.15) is 4.90 Å². The molecule has 3 nitrogen and oxygen atoms in total. The standard InChI is InChI=1S/C12H11NO2S/c1-13-9-5-3-2-4-8(9)11(14)12-10(13)6-7-16(12)15/h2-5H,6-7H2,1H3. The summed E-state index contributed by atoms with van der Waals surface area (Å²) in [7, 11) is 0.825. The number of aromatic nitrogens is 1. The number of rotatable bonds is 0. The van der Waals surface area contributed by atoms with E-state index in [0.29, 0.717) is 16.0 Å². The summed E-state index contributed by atoms with van der Waals surface area (Å²) in [6, 6.07) is 7.49. The van der Waals surface area contributed by atoms with Gasteiger partial charge in [0.15, 0.2) is 0 Å². The lowest BCUT2D eigenvalue weighted by atomic mass is 10.1. The molecular weight excluding hydrogens is 222 g/mol. The summed E-state index contributed by atoms with van der Waals surface area (Å²) in [5.74, 6) is 0.578. The van der Waals surface area contributed by atoms with Gasteiger partial charge in [-0.2, -0.15) is 0 Å². The van der Waals surface area contributed by atoms with Gasteiger partial charge >= 0.3 is 0 Å². The fourth-order valence-electron chi connectivity index (χ4n) is 2.32. The highest BCUT2D eigenvalue weighted by atomic mass is 32.2. The predicted octanol–water partition coefficient (Wildman–Crippen LogP) is 1.20. The van der Waals surface area contributed by atoms with Crippen LogP contribution in [0.2, 0.25) is 0 Å². The van der Waals surface area contributed by atoms with Gasteiger partial charge in [-0.15, -0.1) is 0 Å². The van der Waals surface area contributed by atoms with Crippen LogP contribution in [0.3, 0.4) is 0 Å². The van der Waals surface area contributed by atoms with E-state index in [1.807, 2.05) is 29.8 Å². The third-order valence-corrected chi connectivity index (χ3v) is 4.59. The van der Waals surface area contributed by atoms with E-state index >= 15 is 0 Å². The minimum Gasteiger partial charge on any atom is -0.346 e. The molecule has 0 N–H and O–H groups in total. The SMILES string of the molecule is Cn1c2c(c(=O)c3ccccc31)S(=O)CC2. The topological polar surface area (TPSA) is 39.1 Å². The number of para-hydroxylation sites is 1. The summed E-state index contributed by atoms with van der Waals surface area (Å²) in [5.41, 5.74) is 1.80. The number of hydrogen-bond donors (Lipinski definition) is 0. The van der Waals surface area contributed by atoms with Crippen LogP contribution in [0.4, 0.5) is 0 Å². The summed E-state index contributed by atoms with van der Waals surface area (Å²) in [4.78, 5) is 12.7. The van der Waals surface area contributed by atoms with Gasteiger partial charge < -0.3 is 4.57 Å². The fourth-order valence-corrected chi connectivity index (χ4v) is 3.72. The lowest BCUT2D eigenvalue weighted by Crippen LogP contribution is -2.15. The van der Waals surface area contributed by atoms with Crippen molar-refractivity contribution in [3.05, 3.63) is 40.2 Å². The van der Waals surface area contributed by atoms with E-state index in [1.165, 1.54) is 0 Å². The van der Waals surface area contributed by atoms with Crippen molar-refractivity contribution in [2.24, 2.45) is 7.05 Å². The van der Waals surface area contributed by atoms with Crippen LogP contribution < -0.4 is 5.43 Å². The summed E-state index contributed by atoms with van der Waals surface area (Å²) < 4.78 is 13.8. The van der Waals surface area contributed by atoms with Crippen molar-refractivity contribution < 1.29 is 4.21 Å². The van der Waals surface area contributed by atoms with Crippen molar-refractivity contribution in [1.82, 2.24) is 4.57 Å². The van der Waals surface area contributed by atoms with Gasteiger partial charge in [0.05, 0.1) is 16.3 Å². The minimum absolute atomic E-state index is 0.0560. The smallest absolute Gasteiger partial charge is 0.205 e. The first-order chi connectivity index (χ1) is 7.70. The second-order valence-corrected chi connectivity index (χ2v) is 5.49. The Kier molecular flexibility index (Phi) is 2.01. The van der Waals surface area contributed by atoms with Crippen molar-refractivity contribution in [2.45, 2.75) is 11.3 Å². The van der Waals surface area contributed by atoms with Crippen LogP contribution in [-0.4, -0.2) is 14.5 Å². The van der Waals surface area contributed by atoms with Crippen LogP contribution in [0.15, 0.2) is 34.0 Å². The van der Waals surface area contributed by atoms with Crippen LogP contribution in [-0.2, 0) is 24.3 Å². The molecule has 1 aliphatic rings. The first-order valence-corrected chi connectivity index (χ1v) is 6.51. The van der Waals surface area contributed by atoms with Gasteiger partial charge in [0.2, 0.25) is 5.43 Å². The molecule has 0 saturated carbocycles. The van der Waals surface area contributed by atoms with E-state index in [1.54, 1.807) is 6.07 Å². The molecule has 0 saturated heterocycles. The zero-order chi connectivity index (χ0) is 11.3. The van der Waals surface area contributed by atoms with Crippen molar-refractivity contribution in [3.8, 4) is 0 Å². The molecule has 1 atom stereocenters. The third kappa shape index (κ3) is 1.13. The van der Waals surface area contributed by atoms with Gasteiger partial charge in [0.25, 0.3) is 0 Å². The predicted molar refractivity (Wildman–Crippen MR) is 64.2 cm³/mol. The van der Waals surface area contributed by atoms with Crippen LogP contribution in [0, 0.1) is 0 Å². The summed E-state index contributed by atoms with van der Waals surface area (Å²) in [6.45, 7) is 0. The Morgan fingerprint density at radius 2 is 2.06 bits per heavy atom. The molecule has 3 rings (SSSR count).